The van der Waals surface area contributed by atoms with Crippen molar-refractivity contribution in [2.24, 2.45) is 0 Å². The van der Waals surface area contributed by atoms with E-state index in [0.717, 1.165) is 26.1 Å². The van der Waals surface area contributed by atoms with Gasteiger partial charge in [-0.15, -0.1) is 0 Å². The Morgan fingerprint density at radius 1 is 1.50 bits per heavy atom. The summed E-state index contributed by atoms with van der Waals surface area (Å²) in [6.07, 6.45) is 2.49. The fourth-order valence-corrected chi connectivity index (χ4v) is 1.84. The molecule has 1 saturated heterocycles. The van der Waals surface area contributed by atoms with Gasteiger partial charge in [0.25, 0.3) is 0 Å². The number of amides is 2. The third-order valence-electron chi connectivity index (χ3n) is 2.86. The number of carbonyl (C=O) groups is 1. The predicted octanol–water partition coefficient (Wildman–Crippen LogP) is 1.09. The van der Waals surface area contributed by atoms with Crippen LogP contribution in [0.2, 0.25) is 0 Å². The number of hydrogen-bond donors (Lipinski definition) is 1. The smallest absolute Gasteiger partial charge is 0.318 e. The van der Waals surface area contributed by atoms with E-state index in [9.17, 15) is 4.79 Å². The highest BCUT2D eigenvalue weighted by molar-refractivity contribution is 5.74. The van der Waals surface area contributed by atoms with Crippen molar-refractivity contribution in [2.75, 3.05) is 26.7 Å². The quantitative estimate of drug-likeness (QED) is 0.738. The van der Waals surface area contributed by atoms with Crippen LogP contribution in [0.1, 0.15) is 26.7 Å². The Balaban J connectivity index is 2.39. The third kappa shape index (κ3) is 2.61. The fourth-order valence-electron chi connectivity index (χ4n) is 1.84. The van der Waals surface area contributed by atoms with E-state index < -0.39 is 0 Å². The molecule has 0 aromatic heterocycles. The second-order valence-electron chi connectivity index (χ2n) is 3.76. The molecule has 0 spiro atoms. The van der Waals surface area contributed by atoms with E-state index in [0.29, 0.717) is 0 Å². The first-order chi connectivity index (χ1) is 6.69. The summed E-state index contributed by atoms with van der Waals surface area (Å²) in [4.78, 5) is 15.7. The van der Waals surface area contributed by atoms with Gasteiger partial charge < -0.3 is 10.2 Å². The average Bonchev–Trinajstić information content (AvgIpc) is 2.54. The summed E-state index contributed by atoms with van der Waals surface area (Å²) in [6.45, 7) is 6.64. The van der Waals surface area contributed by atoms with Gasteiger partial charge in [-0.05, 0) is 40.3 Å². The summed E-state index contributed by atoms with van der Waals surface area (Å²) in [5.74, 6) is 0. The number of carbonyl (C=O) groups excluding carboxylic acids is 1. The van der Waals surface area contributed by atoms with Crippen molar-refractivity contribution in [3.63, 3.8) is 0 Å². The molecule has 1 heterocycles. The van der Waals surface area contributed by atoms with Crippen molar-refractivity contribution in [2.45, 2.75) is 32.9 Å². The van der Waals surface area contributed by atoms with Crippen LogP contribution in [-0.2, 0) is 0 Å². The van der Waals surface area contributed by atoms with Crippen molar-refractivity contribution >= 4 is 6.03 Å². The summed E-state index contributed by atoms with van der Waals surface area (Å²) in [5, 5.41) is 3.04. The fraction of sp³-hybridized carbons (Fsp3) is 0.900. The molecule has 0 radical (unpaired) electrons. The molecule has 2 amide bonds. The molecule has 1 unspecified atom stereocenters. The van der Waals surface area contributed by atoms with E-state index in [1.165, 1.54) is 6.42 Å². The number of nitrogens with zero attached hydrogens (tertiary/aromatic N) is 2. The van der Waals surface area contributed by atoms with Gasteiger partial charge in [-0.3, -0.25) is 4.90 Å². The van der Waals surface area contributed by atoms with Crippen LogP contribution in [-0.4, -0.2) is 48.7 Å². The van der Waals surface area contributed by atoms with Crippen molar-refractivity contribution in [3.8, 4) is 0 Å². The Morgan fingerprint density at radius 3 is 2.57 bits per heavy atom. The van der Waals surface area contributed by atoms with Crippen molar-refractivity contribution in [1.29, 1.82) is 0 Å². The Kier molecular flexibility index (Phi) is 4.20. The molecule has 1 aliphatic rings. The maximum atomic E-state index is 11.7. The number of urea groups is 1. The van der Waals surface area contributed by atoms with Crippen LogP contribution in [0.4, 0.5) is 4.79 Å². The first-order valence-electron chi connectivity index (χ1n) is 5.44. The highest BCUT2D eigenvalue weighted by Gasteiger charge is 2.23. The highest BCUT2D eigenvalue weighted by Crippen LogP contribution is 2.12. The van der Waals surface area contributed by atoms with Crippen LogP contribution in [0.5, 0.6) is 0 Å². The largest absolute Gasteiger partial charge is 0.325 e. The highest BCUT2D eigenvalue weighted by atomic mass is 16.2. The second kappa shape index (κ2) is 5.20. The van der Waals surface area contributed by atoms with E-state index in [2.05, 4.69) is 17.3 Å². The van der Waals surface area contributed by atoms with E-state index >= 15 is 0 Å². The zero-order valence-corrected chi connectivity index (χ0v) is 9.42. The number of rotatable bonds is 3. The number of likely N-dealkylation sites (tertiary alicyclic amines) is 1. The van der Waals surface area contributed by atoms with Gasteiger partial charge >= 0.3 is 6.03 Å². The standard InChI is InChI=1S/C10H21N3O/c1-4-13(5-2)10(14)11-9-7-6-8-12(9)3/h9H,4-8H2,1-3H3,(H,11,14). The zero-order valence-electron chi connectivity index (χ0n) is 9.42. The number of hydrogen-bond acceptors (Lipinski definition) is 2. The molecule has 1 aliphatic heterocycles. The molecule has 0 aromatic rings. The average molecular weight is 199 g/mol. The number of nitrogens with one attached hydrogen (secondary N) is 1. The molecule has 1 N–H and O–H groups in total. The zero-order chi connectivity index (χ0) is 10.6. The van der Waals surface area contributed by atoms with Crippen LogP contribution in [0.15, 0.2) is 0 Å². The molecule has 0 aromatic carbocycles. The lowest BCUT2D eigenvalue weighted by Crippen LogP contribution is -2.48. The van der Waals surface area contributed by atoms with E-state index in [1.54, 1.807) is 0 Å². The van der Waals surface area contributed by atoms with E-state index in [-0.39, 0.29) is 12.2 Å². The maximum absolute atomic E-state index is 11.7. The lowest BCUT2D eigenvalue weighted by molar-refractivity contribution is 0.183. The SMILES string of the molecule is CCN(CC)C(=O)NC1CCCN1C. The van der Waals surface area contributed by atoms with Crippen LogP contribution < -0.4 is 5.32 Å². The molecule has 4 heteroatoms. The lowest BCUT2D eigenvalue weighted by atomic mass is 10.3. The van der Waals surface area contributed by atoms with Crippen molar-refractivity contribution in [3.05, 3.63) is 0 Å². The summed E-state index contributed by atoms with van der Waals surface area (Å²) in [6, 6.07) is 0.0637. The normalized spacial score (nSPS) is 22.4. The first-order valence-corrected chi connectivity index (χ1v) is 5.44. The van der Waals surface area contributed by atoms with Gasteiger partial charge in [-0.1, -0.05) is 0 Å². The minimum Gasteiger partial charge on any atom is -0.325 e. The van der Waals surface area contributed by atoms with Gasteiger partial charge in [0.05, 0.1) is 6.17 Å². The summed E-state index contributed by atoms with van der Waals surface area (Å²) in [7, 11) is 2.06. The van der Waals surface area contributed by atoms with Crippen LogP contribution >= 0.6 is 0 Å². The molecule has 0 bridgehead atoms. The summed E-state index contributed by atoms with van der Waals surface area (Å²) in [5.41, 5.74) is 0. The summed E-state index contributed by atoms with van der Waals surface area (Å²) >= 11 is 0. The van der Waals surface area contributed by atoms with Crippen molar-refractivity contribution in [1.82, 2.24) is 15.1 Å². The van der Waals surface area contributed by atoms with E-state index in [4.69, 9.17) is 0 Å². The van der Waals surface area contributed by atoms with Gasteiger partial charge in [0.2, 0.25) is 0 Å². The monoisotopic (exact) mass is 199 g/mol. The van der Waals surface area contributed by atoms with Gasteiger partial charge in [0.1, 0.15) is 0 Å². The molecule has 0 saturated carbocycles. The molecular formula is C10H21N3O. The first kappa shape index (κ1) is 11.3. The Bertz CT molecular complexity index is 192. The lowest BCUT2D eigenvalue weighted by Gasteiger charge is -2.25. The van der Waals surface area contributed by atoms with Crippen LogP contribution in [0.3, 0.4) is 0 Å². The van der Waals surface area contributed by atoms with Gasteiger partial charge in [0, 0.05) is 13.1 Å². The molecule has 82 valence electrons. The van der Waals surface area contributed by atoms with Gasteiger partial charge in [-0.25, -0.2) is 4.79 Å². The topological polar surface area (TPSA) is 35.6 Å². The summed E-state index contributed by atoms with van der Waals surface area (Å²) < 4.78 is 0. The molecule has 1 atom stereocenters. The van der Waals surface area contributed by atoms with Crippen LogP contribution in [0, 0.1) is 0 Å². The van der Waals surface area contributed by atoms with Gasteiger partial charge in [-0.2, -0.15) is 0 Å². The minimum absolute atomic E-state index is 0.0637. The molecular weight excluding hydrogens is 178 g/mol. The van der Waals surface area contributed by atoms with Gasteiger partial charge in [0.15, 0.2) is 0 Å². The molecule has 4 nitrogen and oxygen atoms in total. The third-order valence-corrected chi connectivity index (χ3v) is 2.86. The van der Waals surface area contributed by atoms with E-state index in [1.807, 2.05) is 18.7 Å². The minimum atomic E-state index is 0.0637. The molecule has 0 aliphatic carbocycles. The molecule has 1 fully saturated rings. The maximum Gasteiger partial charge on any atom is 0.318 e. The molecule has 1 rings (SSSR count). The Morgan fingerprint density at radius 2 is 2.14 bits per heavy atom. The Hall–Kier alpha value is -0.770. The Labute approximate surface area is 86.2 Å². The van der Waals surface area contributed by atoms with Crippen LogP contribution in [0.25, 0.3) is 0 Å². The second-order valence-corrected chi connectivity index (χ2v) is 3.76. The predicted molar refractivity (Wildman–Crippen MR) is 57.1 cm³/mol. The molecule has 14 heavy (non-hydrogen) atoms. The van der Waals surface area contributed by atoms with Crippen molar-refractivity contribution < 1.29 is 4.79 Å².